The molecule has 0 fully saturated rings. The number of aromatic nitrogens is 2. The monoisotopic (exact) mass is 538 g/mol. The Kier molecular flexibility index (Phi) is 7.09. The van der Waals surface area contributed by atoms with E-state index in [4.69, 9.17) is 0 Å². The number of nitro benzene ring substituents is 1. The second kappa shape index (κ2) is 10.2. The molecule has 1 aromatic heterocycles. The van der Waals surface area contributed by atoms with Crippen LogP contribution >= 0.6 is 27.7 Å². The zero-order valence-corrected chi connectivity index (χ0v) is 20.4. The quantitative estimate of drug-likeness (QED) is 0.147. The maximum absolute atomic E-state index is 13.3. The molecule has 0 spiro atoms. The molecule has 0 radical (unpaired) electrons. The normalized spacial score (nSPS) is 10.9. The number of nitrogens with zero attached hydrogens (tertiary/aromatic N) is 3. The predicted octanol–water partition coefficient (Wildman–Crippen LogP) is 5.35. The minimum absolute atomic E-state index is 0.0126. The van der Waals surface area contributed by atoms with Crippen molar-refractivity contribution in [3.05, 3.63) is 97.2 Å². The Balaban J connectivity index is 1.62. The number of hydrogen-bond acceptors (Lipinski definition) is 6. The van der Waals surface area contributed by atoms with Gasteiger partial charge in [-0.15, -0.1) is 0 Å². The van der Waals surface area contributed by atoms with E-state index in [1.54, 1.807) is 18.2 Å². The van der Waals surface area contributed by atoms with Gasteiger partial charge >= 0.3 is 0 Å². The fourth-order valence-corrected chi connectivity index (χ4v) is 4.63. The van der Waals surface area contributed by atoms with Gasteiger partial charge in [0.2, 0.25) is 5.91 Å². The van der Waals surface area contributed by atoms with E-state index in [2.05, 4.69) is 33.2 Å². The number of benzene rings is 3. The standard InChI is InChI=1S/C24H19BrN4O4S/c1-2-15-7-9-16(10-8-15)28-23(31)18-5-3-4-6-20(18)27-24(28)34-14-22(30)26-21-12-11-17(29(32)33)13-19(21)25/h3-13H,2,14H2,1H3,(H,26,30). The summed E-state index contributed by atoms with van der Waals surface area (Å²) in [5.41, 5.74) is 2.48. The first-order valence-corrected chi connectivity index (χ1v) is 12.1. The zero-order valence-electron chi connectivity index (χ0n) is 18.0. The van der Waals surface area contributed by atoms with Crippen molar-refractivity contribution in [2.75, 3.05) is 11.1 Å². The number of nitro groups is 1. The van der Waals surface area contributed by atoms with Gasteiger partial charge in [0.1, 0.15) is 0 Å². The molecule has 0 aliphatic rings. The maximum Gasteiger partial charge on any atom is 0.270 e. The Morgan fingerprint density at radius 2 is 1.88 bits per heavy atom. The van der Waals surface area contributed by atoms with Crippen LogP contribution in [0.2, 0.25) is 0 Å². The molecule has 0 saturated carbocycles. The van der Waals surface area contributed by atoms with E-state index in [0.29, 0.717) is 31.9 Å². The minimum Gasteiger partial charge on any atom is -0.324 e. The average molecular weight is 539 g/mol. The highest BCUT2D eigenvalue weighted by atomic mass is 79.9. The van der Waals surface area contributed by atoms with Crippen molar-refractivity contribution >= 4 is 55.9 Å². The van der Waals surface area contributed by atoms with Crippen LogP contribution in [0.25, 0.3) is 16.6 Å². The van der Waals surface area contributed by atoms with Gasteiger partial charge < -0.3 is 5.32 Å². The van der Waals surface area contributed by atoms with Crippen LogP contribution in [0.4, 0.5) is 11.4 Å². The molecule has 0 atom stereocenters. The number of carbonyl (C=O) groups excluding carboxylic acids is 1. The van der Waals surface area contributed by atoms with Gasteiger partial charge in [-0.3, -0.25) is 24.3 Å². The summed E-state index contributed by atoms with van der Waals surface area (Å²) < 4.78 is 1.92. The highest BCUT2D eigenvalue weighted by Gasteiger charge is 2.16. The van der Waals surface area contributed by atoms with Crippen LogP contribution in [0.15, 0.2) is 81.2 Å². The summed E-state index contributed by atoms with van der Waals surface area (Å²) in [6, 6.07) is 18.9. The Bertz CT molecular complexity index is 1450. The number of carbonyl (C=O) groups is 1. The second-order valence-corrected chi connectivity index (χ2v) is 9.13. The molecule has 0 unspecified atom stereocenters. The number of nitrogens with one attached hydrogen (secondary N) is 1. The molecule has 0 aliphatic heterocycles. The molecule has 10 heteroatoms. The van der Waals surface area contributed by atoms with Gasteiger partial charge in [0.15, 0.2) is 5.16 Å². The molecule has 3 aromatic carbocycles. The second-order valence-electron chi connectivity index (χ2n) is 7.33. The molecule has 0 saturated heterocycles. The molecule has 1 amide bonds. The summed E-state index contributed by atoms with van der Waals surface area (Å²) in [7, 11) is 0. The number of rotatable bonds is 7. The third kappa shape index (κ3) is 5.02. The van der Waals surface area contributed by atoms with Gasteiger partial charge in [0.25, 0.3) is 11.2 Å². The SMILES string of the molecule is CCc1ccc(-n2c(SCC(=O)Nc3ccc([N+](=O)[O-])cc3Br)nc3ccccc3c2=O)cc1. The van der Waals surface area contributed by atoms with Crippen LogP contribution in [-0.4, -0.2) is 26.1 Å². The summed E-state index contributed by atoms with van der Waals surface area (Å²) in [4.78, 5) is 41.0. The Hall–Kier alpha value is -3.50. The number of amides is 1. The van der Waals surface area contributed by atoms with Crippen LogP contribution in [0, 0.1) is 10.1 Å². The van der Waals surface area contributed by atoms with E-state index in [1.165, 1.54) is 22.8 Å². The number of fused-ring (bicyclic) bond motifs is 1. The van der Waals surface area contributed by atoms with Crippen LogP contribution in [0.1, 0.15) is 12.5 Å². The lowest BCUT2D eigenvalue weighted by atomic mass is 10.1. The largest absolute Gasteiger partial charge is 0.324 e. The van der Waals surface area contributed by atoms with Crippen LogP contribution in [0.3, 0.4) is 0 Å². The van der Waals surface area contributed by atoms with Gasteiger partial charge in [-0.2, -0.15) is 0 Å². The van der Waals surface area contributed by atoms with Gasteiger partial charge in [-0.05, 0) is 58.2 Å². The molecular weight excluding hydrogens is 520 g/mol. The molecule has 0 aliphatic carbocycles. The Labute approximate surface area is 207 Å². The van der Waals surface area contributed by atoms with E-state index < -0.39 is 4.92 Å². The van der Waals surface area contributed by atoms with Crippen LogP contribution < -0.4 is 10.9 Å². The predicted molar refractivity (Wildman–Crippen MR) is 137 cm³/mol. The summed E-state index contributed by atoms with van der Waals surface area (Å²) in [5.74, 6) is -0.351. The molecule has 4 rings (SSSR count). The first-order valence-electron chi connectivity index (χ1n) is 10.3. The molecule has 1 heterocycles. The fraction of sp³-hybridized carbons (Fsp3) is 0.125. The summed E-state index contributed by atoms with van der Waals surface area (Å²) in [5, 5.41) is 14.5. The summed E-state index contributed by atoms with van der Waals surface area (Å²) in [6.07, 6.45) is 0.880. The van der Waals surface area contributed by atoms with Crippen molar-refractivity contribution in [2.45, 2.75) is 18.5 Å². The molecule has 0 bridgehead atoms. The van der Waals surface area contributed by atoms with Crippen molar-refractivity contribution < 1.29 is 9.72 Å². The molecule has 172 valence electrons. The van der Waals surface area contributed by atoms with E-state index in [9.17, 15) is 19.7 Å². The van der Waals surface area contributed by atoms with Gasteiger partial charge in [-0.1, -0.05) is 43.0 Å². The zero-order chi connectivity index (χ0) is 24.2. The van der Waals surface area contributed by atoms with E-state index in [1.807, 2.05) is 30.3 Å². The highest BCUT2D eigenvalue weighted by Crippen LogP contribution is 2.28. The number of halogens is 1. The van der Waals surface area contributed by atoms with E-state index in [0.717, 1.165) is 23.7 Å². The van der Waals surface area contributed by atoms with Crippen LogP contribution in [0.5, 0.6) is 0 Å². The number of para-hydroxylation sites is 1. The Morgan fingerprint density at radius 3 is 2.56 bits per heavy atom. The third-order valence-corrected chi connectivity index (χ3v) is 6.71. The first-order chi connectivity index (χ1) is 16.4. The highest BCUT2D eigenvalue weighted by molar-refractivity contribution is 9.10. The van der Waals surface area contributed by atoms with Gasteiger partial charge in [0, 0.05) is 16.6 Å². The number of thioether (sulfide) groups is 1. The lowest BCUT2D eigenvalue weighted by molar-refractivity contribution is -0.384. The van der Waals surface area contributed by atoms with E-state index in [-0.39, 0.29) is 22.9 Å². The van der Waals surface area contributed by atoms with Gasteiger partial charge in [-0.25, -0.2) is 4.98 Å². The number of aryl methyl sites for hydroxylation is 1. The lowest BCUT2D eigenvalue weighted by Crippen LogP contribution is -2.23. The van der Waals surface area contributed by atoms with Crippen molar-refractivity contribution in [3.63, 3.8) is 0 Å². The molecule has 4 aromatic rings. The van der Waals surface area contributed by atoms with Crippen LogP contribution in [-0.2, 0) is 11.2 Å². The first kappa shape index (κ1) is 23.7. The molecule has 34 heavy (non-hydrogen) atoms. The number of anilines is 1. The van der Waals surface area contributed by atoms with Crippen molar-refractivity contribution in [1.29, 1.82) is 0 Å². The van der Waals surface area contributed by atoms with Crippen molar-refractivity contribution in [2.24, 2.45) is 0 Å². The number of non-ortho nitro benzene ring substituents is 1. The fourth-order valence-electron chi connectivity index (χ4n) is 3.35. The summed E-state index contributed by atoms with van der Waals surface area (Å²) in [6.45, 7) is 2.06. The molecular formula is C24H19BrN4O4S. The smallest absolute Gasteiger partial charge is 0.270 e. The van der Waals surface area contributed by atoms with E-state index >= 15 is 0 Å². The average Bonchev–Trinajstić information content (AvgIpc) is 2.84. The topological polar surface area (TPSA) is 107 Å². The Morgan fingerprint density at radius 1 is 1.15 bits per heavy atom. The minimum atomic E-state index is -0.510. The number of hydrogen-bond donors (Lipinski definition) is 1. The maximum atomic E-state index is 13.3. The molecule has 8 nitrogen and oxygen atoms in total. The third-order valence-electron chi connectivity index (χ3n) is 5.12. The lowest BCUT2D eigenvalue weighted by Gasteiger charge is -2.14. The molecule has 1 N–H and O–H groups in total. The van der Waals surface area contributed by atoms with Gasteiger partial charge in [0.05, 0.1) is 33.0 Å². The van der Waals surface area contributed by atoms with Crippen molar-refractivity contribution in [3.8, 4) is 5.69 Å². The van der Waals surface area contributed by atoms with Crippen molar-refractivity contribution in [1.82, 2.24) is 9.55 Å². The summed E-state index contributed by atoms with van der Waals surface area (Å²) >= 11 is 4.39.